The van der Waals surface area contributed by atoms with Crippen molar-refractivity contribution in [2.24, 2.45) is 0 Å². The summed E-state index contributed by atoms with van der Waals surface area (Å²) in [7, 11) is 1.76. The van der Waals surface area contributed by atoms with Gasteiger partial charge in [-0.25, -0.2) is 0 Å². The lowest BCUT2D eigenvalue weighted by atomic mass is 10.2. The quantitative estimate of drug-likeness (QED) is 0.714. The molecule has 4 heteroatoms. The van der Waals surface area contributed by atoms with Crippen LogP contribution in [0, 0.1) is 0 Å². The number of carbonyl (C=O) groups is 1. The molecule has 0 spiro atoms. The summed E-state index contributed by atoms with van der Waals surface area (Å²) in [5.74, 6) is 1.36. The van der Waals surface area contributed by atoms with E-state index in [1.165, 1.54) is 0 Å². The van der Waals surface area contributed by atoms with Crippen LogP contribution in [0.2, 0.25) is 0 Å². The molecule has 1 aromatic heterocycles. The van der Waals surface area contributed by atoms with Gasteiger partial charge < -0.3 is 14.1 Å². The summed E-state index contributed by atoms with van der Waals surface area (Å²) in [5, 5.41) is 1.04. The number of ether oxygens (including phenoxy) is 1. The summed E-state index contributed by atoms with van der Waals surface area (Å²) in [5.41, 5.74) is 0.829. The van der Waals surface area contributed by atoms with Crippen LogP contribution in [0.15, 0.2) is 65.1 Å². The first-order chi connectivity index (χ1) is 11.1. The van der Waals surface area contributed by atoms with Crippen molar-refractivity contribution in [3.05, 3.63) is 66.4 Å². The number of para-hydroxylation sites is 2. The van der Waals surface area contributed by atoms with Crippen LogP contribution in [0.5, 0.6) is 5.75 Å². The van der Waals surface area contributed by atoms with E-state index in [0.29, 0.717) is 5.75 Å². The van der Waals surface area contributed by atoms with Gasteiger partial charge in [-0.2, -0.15) is 0 Å². The molecule has 0 aliphatic heterocycles. The van der Waals surface area contributed by atoms with Gasteiger partial charge in [0.25, 0.3) is 5.91 Å². The SMILES string of the molecule is CC(c1cc2ccccc2o1)N(C)C(=O)COc1ccccc1. The average molecular weight is 309 g/mol. The topological polar surface area (TPSA) is 42.7 Å². The molecule has 23 heavy (non-hydrogen) atoms. The van der Waals surface area contributed by atoms with Gasteiger partial charge in [-0.1, -0.05) is 36.4 Å². The van der Waals surface area contributed by atoms with Crippen molar-refractivity contribution in [2.45, 2.75) is 13.0 Å². The molecule has 0 aliphatic rings. The van der Waals surface area contributed by atoms with Crippen LogP contribution in [0.1, 0.15) is 18.7 Å². The van der Waals surface area contributed by atoms with Crippen LogP contribution in [0.3, 0.4) is 0 Å². The molecule has 0 N–H and O–H groups in total. The Hall–Kier alpha value is -2.75. The van der Waals surface area contributed by atoms with E-state index in [-0.39, 0.29) is 18.6 Å². The number of nitrogens with zero attached hydrogens (tertiary/aromatic N) is 1. The third-order valence-electron chi connectivity index (χ3n) is 3.94. The number of likely N-dealkylation sites (N-methyl/N-ethyl adjacent to an activating group) is 1. The zero-order chi connectivity index (χ0) is 16.2. The molecule has 1 amide bonds. The highest BCUT2D eigenvalue weighted by molar-refractivity contribution is 5.79. The lowest BCUT2D eigenvalue weighted by Crippen LogP contribution is -2.33. The van der Waals surface area contributed by atoms with E-state index >= 15 is 0 Å². The molecule has 1 atom stereocenters. The number of benzene rings is 2. The molecule has 0 radical (unpaired) electrons. The smallest absolute Gasteiger partial charge is 0.260 e. The first-order valence-corrected chi connectivity index (χ1v) is 7.57. The Kier molecular flexibility index (Phi) is 4.33. The van der Waals surface area contributed by atoms with Gasteiger partial charge in [0, 0.05) is 12.4 Å². The highest BCUT2D eigenvalue weighted by atomic mass is 16.5. The fourth-order valence-electron chi connectivity index (χ4n) is 2.38. The van der Waals surface area contributed by atoms with Crippen molar-refractivity contribution in [1.82, 2.24) is 4.90 Å². The molecule has 1 unspecified atom stereocenters. The Morgan fingerprint density at radius 2 is 1.83 bits per heavy atom. The standard InChI is InChI=1S/C19H19NO3/c1-14(18-12-15-8-6-7-11-17(15)23-18)20(2)19(21)13-22-16-9-4-3-5-10-16/h3-12,14H,13H2,1-2H3. The van der Waals surface area contributed by atoms with E-state index in [9.17, 15) is 4.79 Å². The zero-order valence-electron chi connectivity index (χ0n) is 13.2. The fraction of sp³-hybridized carbons (Fsp3) is 0.211. The molecule has 0 bridgehead atoms. The first kappa shape index (κ1) is 15.2. The van der Waals surface area contributed by atoms with Gasteiger partial charge in [0.15, 0.2) is 6.61 Å². The maximum absolute atomic E-state index is 12.3. The molecule has 2 aromatic carbocycles. The molecular weight excluding hydrogens is 290 g/mol. The molecule has 4 nitrogen and oxygen atoms in total. The molecule has 118 valence electrons. The first-order valence-electron chi connectivity index (χ1n) is 7.57. The van der Waals surface area contributed by atoms with E-state index in [1.807, 2.05) is 67.6 Å². The van der Waals surface area contributed by atoms with Crippen LogP contribution in [0.25, 0.3) is 11.0 Å². The Balaban J connectivity index is 1.66. The van der Waals surface area contributed by atoms with Crippen LogP contribution >= 0.6 is 0 Å². The molecular formula is C19H19NO3. The summed E-state index contributed by atoms with van der Waals surface area (Å²) < 4.78 is 11.3. The minimum Gasteiger partial charge on any atom is -0.484 e. The van der Waals surface area contributed by atoms with Crippen LogP contribution in [0.4, 0.5) is 0 Å². The second-order valence-electron chi connectivity index (χ2n) is 5.47. The van der Waals surface area contributed by atoms with Gasteiger partial charge in [0.1, 0.15) is 17.1 Å². The summed E-state index contributed by atoms with van der Waals surface area (Å²) in [6.45, 7) is 1.95. The normalized spacial score (nSPS) is 12.1. The van der Waals surface area contributed by atoms with E-state index in [1.54, 1.807) is 11.9 Å². The zero-order valence-corrected chi connectivity index (χ0v) is 13.2. The highest BCUT2D eigenvalue weighted by Crippen LogP contribution is 2.26. The van der Waals surface area contributed by atoms with Crippen molar-refractivity contribution in [1.29, 1.82) is 0 Å². The second-order valence-corrected chi connectivity index (χ2v) is 5.47. The summed E-state index contributed by atoms with van der Waals surface area (Å²) in [6, 6.07) is 19.0. The molecule has 0 saturated carbocycles. The minimum atomic E-state index is -0.158. The van der Waals surface area contributed by atoms with Gasteiger partial charge in [-0.3, -0.25) is 4.79 Å². The van der Waals surface area contributed by atoms with Crippen molar-refractivity contribution in [2.75, 3.05) is 13.7 Å². The minimum absolute atomic E-state index is 0.00504. The monoisotopic (exact) mass is 309 g/mol. The Labute approximate surface area is 135 Å². The van der Waals surface area contributed by atoms with Gasteiger partial charge in [-0.05, 0) is 31.2 Å². The molecule has 0 fully saturated rings. The van der Waals surface area contributed by atoms with Gasteiger partial charge in [-0.15, -0.1) is 0 Å². The van der Waals surface area contributed by atoms with Crippen LogP contribution in [-0.2, 0) is 4.79 Å². The van der Waals surface area contributed by atoms with Gasteiger partial charge >= 0.3 is 0 Å². The van der Waals surface area contributed by atoms with E-state index in [2.05, 4.69) is 0 Å². The van der Waals surface area contributed by atoms with Crippen molar-refractivity contribution in [3.63, 3.8) is 0 Å². The highest BCUT2D eigenvalue weighted by Gasteiger charge is 2.21. The molecule has 1 heterocycles. The number of hydrogen-bond acceptors (Lipinski definition) is 3. The summed E-state index contributed by atoms with van der Waals surface area (Å²) >= 11 is 0. The van der Waals surface area contributed by atoms with E-state index in [0.717, 1.165) is 16.7 Å². The van der Waals surface area contributed by atoms with Crippen molar-refractivity contribution >= 4 is 16.9 Å². The summed E-state index contributed by atoms with van der Waals surface area (Å²) in [6.07, 6.45) is 0. The Morgan fingerprint density at radius 3 is 2.57 bits per heavy atom. The number of hydrogen-bond donors (Lipinski definition) is 0. The second kappa shape index (κ2) is 6.57. The van der Waals surface area contributed by atoms with Gasteiger partial charge in [0.05, 0.1) is 6.04 Å². The molecule has 0 saturated heterocycles. The predicted molar refractivity (Wildman–Crippen MR) is 89.3 cm³/mol. The predicted octanol–water partition coefficient (Wildman–Crippen LogP) is 4.03. The lowest BCUT2D eigenvalue weighted by Gasteiger charge is -2.23. The molecule has 3 aromatic rings. The largest absolute Gasteiger partial charge is 0.484 e. The van der Waals surface area contributed by atoms with Crippen molar-refractivity contribution in [3.8, 4) is 5.75 Å². The number of rotatable bonds is 5. The Bertz CT molecular complexity index is 761. The van der Waals surface area contributed by atoms with Crippen LogP contribution in [-0.4, -0.2) is 24.5 Å². The van der Waals surface area contributed by atoms with Crippen molar-refractivity contribution < 1.29 is 13.9 Å². The van der Waals surface area contributed by atoms with E-state index < -0.39 is 0 Å². The number of fused-ring (bicyclic) bond motifs is 1. The van der Waals surface area contributed by atoms with E-state index in [4.69, 9.17) is 9.15 Å². The maximum atomic E-state index is 12.3. The third-order valence-corrected chi connectivity index (χ3v) is 3.94. The number of amides is 1. The lowest BCUT2D eigenvalue weighted by molar-refractivity contribution is -0.134. The maximum Gasteiger partial charge on any atom is 0.260 e. The molecule has 3 rings (SSSR count). The average Bonchev–Trinajstić information content (AvgIpc) is 3.03. The molecule has 0 aliphatic carbocycles. The number of furan rings is 1. The summed E-state index contributed by atoms with van der Waals surface area (Å²) in [4.78, 5) is 13.9. The van der Waals surface area contributed by atoms with Crippen LogP contribution < -0.4 is 4.74 Å². The van der Waals surface area contributed by atoms with Gasteiger partial charge in [0.2, 0.25) is 0 Å². The fourth-order valence-corrected chi connectivity index (χ4v) is 2.38. The number of carbonyl (C=O) groups excluding carboxylic acids is 1. The Morgan fingerprint density at radius 1 is 1.13 bits per heavy atom. The third kappa shape index (κ3) is 3.37.